The molecule has 1 aromatic carbocycles. The molecule has 0 saturated carbocycles. The summed E-state index contributed by atoms with van der Waals surface area (Å²) in [4.78, 5) is 11.7. The molecule has 17 heavy (non-hydrogen) atoms. The molecule has 1 aromatic heterocycles. The lowest BCUT2D eigenvalue weighted by atomic mass is 10.2. The molecule has 0 aliphatic heterocycles. The molecule has 1 amide bonds. The number of benzene rings is 1. The van der Waals surface area contributed by atoms with Crippen LogP contribution in [0.25, 0.3) is 0 Å². The van der Waals surface area contributed by atoms with Crippen molar-refractivity contribution in [2.75, 3.05) is 0 Å². The summed E-state index contributed by atoms with van der Waals surface area (Å²) in [5, 5.41) is 25.1. The number of nitrogens with zero attached hydrogens (tertiary/aromatic N) is 3. The SMILES string of the molecule is O=C(NCc1nn[nH]n1)c1ccc(Br)cc1O. The van der Waals surface area contributed by atoms with Crippen LogP contribution < -0.4 is 5.32 Å². The third-order valence-corrected chi connectivity index (χ3v) is 2.49. The van der Waals surface area contributed by atoms with Gasteiger partial charge in [-0.2, -0.15) is 5.21 Å². The number of H-pyrrole nitrogens is 1. The average molecular weight is 298 g/mol. The van der Waals surface area contributed by atoms with E-state index in [-0.39, 0.29) is 17.9 Å². The lowest BCUT2D eigenvalue weighted by molar-refractivity contribution is 0.0947. The number of hydrogen-bond donors (Lipinski definition) is 3. The number of carbonyl (C=O) groups is 1. The Labute approximate surface area is 104 Å². The number of phenolic OH excluding ortho intramolecular Hbond substituents is 1. The molecule has 0 atom stereocenters. The quantitative estimate of drug-likeness (QED) is 0.769. The summed E-state index contributed by atoms with van der Waals surface area (Å²) in [6.45, 7) is 0.144. The molecule has 1 heterocycles. The maximum absolute atomic E-state index is 11.7. The zero-order chi connectivity index (χ0) is 12.3. The van der Waals surface area contributed by atoms with Gasteiger partial charge in [0.1, 0.15) is 5.75 Å². The van der Waals surface area contributed by atoms with Crippen LogP contribution in [0.4, 0.5) is 0 Å². The van der Waals surface area contributed by atoms with Gasteiger partial charge in [0, 0.05) is 4.47 Å². The van der Waals surface area contributed by atoms with E-state index in [1.54, 1.807) is 6.07 Å². The molecule has 8 heteroatoms. The number of nitrogens with one attached hydrogen (secondary N) is 2. The molecule has 0 unspecified atom stereocenters. The van der Waals surface area contributed by atoms with Crippen molar-refractivity contribution in [3.8, 4) is 5.75 Å². The number of amides is 1. The molecule has 0 saturated heterocycles. The van der Waals surface area contributed by atoms with Gasteiger partial charge in [0.05, 0.1) is 12.1 Å². The van der Waals surface area contributed by atoms with Gasteiger partial charge < -0.3 is 10.4 Å². The first kappa shape index (κ1) is 11.5. The molecule has 7 nitrogen and oxygen atoms in total. The summed E-state index contributed by atoms with van der Waals surface area (Å²) in [6, 6.07) is 4.64. The fraction of sp³-hybridized carbons (Fsp3) is 0.111. The van der Waals surface area contributed by atoms with Crippen molar-refractivity contribution >= 4 is 21.8 Å². The number of hydrogen-bond acceptors (Lipinski definition) is 5. The van der Waals surface area contributed by atoms with Gasteiger partial charge in [0.15, 0.2) is 5.82 Å². The van der Waals surface area contributed by atoms with E-state index in [0.717, 1.165) is 0 Å². The van der Waals surface area contributed by atoms with Crippen LogP contribution in [0.2, 0.25) is 0 Å². The van der Waals surface area contributed by atoms with Gasteiger partial charge in [-0.1, -0.05) is 21.1 Å². The zero-order valence-corrected chi connectivity index (χ0v) is 10.1. The molecular weight excluding hydrogens is 290 g/mol. The van der Waals surface area contributed by atoms with E-state index < -0.39 is 5.91 Å². The summed E-state index contributed by atoms with van der Waals surface area (Å²) in [6.07, 6.45) is 0. The van der Waals surface area contributed by atoms with Crippen LogP contribution in [-0.4, -0.2) is 31.6 Å². The molecule has 3 N–H and O–H groups in total. The van der Waals surface area contributed by atoms with E-state index in [4.69, 9.17) is 0 Å². The first-order chi connectivity index (χ1) is 8.16. The summed E-state index contributed by atoms with van der Waals surface area (Å²) in [5.41, 5.74) is 0.191. The highest BCUT2D eigenvalue weighted by molar-refractivity contribution is 9.10. The summed E-state index contributed by atoms with van der Waals surface area (Å²) in [5.74, 6) is -0.125. The molecule has 0 aliphatic rings. The van der Waals surface area contributed by atoms with Gasteiger partial charge in [-0.15, -0.1) is 10.2 Å². The number of aromatic hydroxyl groups is 1. The molecular formula is C9H8BrN5O2. The van der Waals surface area contributed by atoms with Crippen molar-refractivity contribution in [1.29, 1.82) is 0 Å². The normalized spacial score (nSPS) is 10.2. The molecule has 0 spiro atoms. The van der Waals surface area contributed by atoms with Gasteiger partial charge in [0.2, 0.25) is 0 Å². The molecule has 2 aromatic rings. The van der Waals surface area contributed by atoms with Crippen molar-refractivity contribution in [1.82, 2.24) is 25.9 Å². The molecule has 0 fully saturated rings. The number of tetrazole rings is 1. The molecule has 0 bridgehead atoms. The lowest BCUT2D eigenvalue weighted by Crippen LogP contribution is -2.23. The third kappa shape index (κ3) is 2.78. The molecule has 88 valence electrons. The minimum atomic E-state index is -0.403. The van der Waals surface area contributed by atoms with Crippen LogP contribution in [0.3, 0.4) is 0 Å². The van der Waals surface area contributed by atoms with E-state index in [0.29, 0.717) is 10.3 Å². The van der Waals surface area contributed by atoms with Crippen LogP contribution in [0.15, 0.2) is 22.7 Å². The second-order valence-corrected chi connectivity index (χ2v) is 4.09. The van der Waals surface area contributed by atoms with E-state index in [1.807, 2.05) is 0 Å². The first-order valence-electron chi connectivity index (χ1n) is 4.66. The van der Waals surface area contributed by atoms with Gasteiger partial charge in [-0.05, 0) is 18.2 Å². The van der Waals surface area contributed by atoms with Crippen LogP contribution in [0, 0.1) is 0 Å². The highest BCUT2D eigenvalue weighted by atomic mass is 79.9. The fourth-order valence-corrected chi connectivity index (χ4v) is 1.56. The van der Waals surface area contributed by atoms with Crippen molar-refractivity contribution in [3.63, 3.8) is 0 Å². The Balaban J connectivity index is 2.04. The number of carbonyl (C=O) groups excluding carboxylic acids is 1. The topological polar surface area (TPSA) is 104 Å². The summed E-state index contributed by atoms with van der Waals surface area (Å²) in [7, 11) is 0. The average Bonchev–Trinajstić information content (AvgIpc) is 2.78. The third-order valence-electron chi connectivity index (χ3n) is 2.00. The predicted molar refractivity (Wildman–Crippen MR) is 61.2 cm³/mol. The number of aromatic amines is 1. The van der Waals surface area contributed by atoms with Crippen molar-refractivity contribution in [2.45, 2.75) is 6.54 Å². The Morgan fingerprint density at radius 3 is 3.00 bits per heavy atom. The first-order valence-corrected chi connectivity index (χ1v) is 5.45. The van der Waals surface area contributed by atoms with Crippen LogP contribution in [-0.2, 0) is 6.54 Å². The van der Waals surface area contributed by atoms with E-state index in [9.17, 15) is 9.90 Å². The summed E-state index contributed by atoms with van der Waals surface area (Å²) < 4.78 is 0.699. The highest BCUT2D eigenvalue weighted by Crippen LogP contribution is 2.22. The molecule has 2 rings (SSSR count). The second-order valence-electron chi connectivity index (χ2n) is 3.17. The zero-order valence-electron chi connectivity index (χ0n) is 8.51. The van der Waals surface area contributed by atoms with E-state index >= 15 is 0 Å². The Hall–Kier alpha value is -1.96. The lowest BCUT2D eigenvalue weighted by Gasteiger charge is -2.05. The summed E-state index contributed by atoms with van der Waals surface area (Å²) >= 11 is 3.19. The second kappa shape index (κ2) is 4.91. The van der Waals surface area contributed by atoms with Gasteiger partial charge >= 0.3 is 0 Å². The predicted octanol–water partition coefficient (Wildman–Crippen LogP) is 0.598. The largest absolute Gasteiger partial charge is 0.507 e. The van der Waals surface area contributed by atoms with Crippen LogP contribution >= 0.6 is 15.9 Å². The maximum Gasteiger partial charge on any atom is 0.255 e. The van der Waals surface area contributed by atoms with Crippen molar-refractivity contribution < 1.29 is 9.90 Å². The number of phenols is 1. The Morgan fingerprint density at radius 1 is 1.53 bits per heavy atom. The van der Waals surface area contributed by atoms with Gasteiger partial charge in [-0.3, -0.25) is 4.79 Å². The number of halogens is 1. The smallest absolute Gasteiger partial charge is 0.255 e. The molecule has 0 radical (unpaired) electrons. The minimum absolute atomic E-state index is 0.0926. The Kier molecular flexibility index (Phi) is 3.33. The van der Waals surface area contributed by atoms with E-state index in [2.05, 4.69) is 41.9 Å². The van der Waals surface area contributed by atoms with Crippen molar-refractivity contribution in [3.05, 3.63) is 34.1 Å². The standard InChI is InChI=1S/C9H8BrN5O2/c10-5-1-2-6(7(16)3-5)9(17)11-4-8-12-14-15-13-8/h1-3,16H,4H2,(H,11,17)(H,12,13,14,15). The highest BCUT2D eigenvalue weighted by Gasteiger charge is 2.11. The number of aromatic nitrogens is 4. The van der Waals surface area contributed by atoms with E-state index in [1.165, 1.54) is 12.1 Å². The Morgan fingerprint density at radius 2 is 2.35 bits per heavy atom. The van der Waals surface area contributed by atoms with Crippen molar-refractivity contribution in [2.24, 2.45) is 0 Å². The monoisotopic (exact) mass is 297 g/mol. The number of rotatable bonds is 3. The van der Waals surface area contributed by atoms with Gasteiger partial charge in [0.25, 0.3) is 5.91 Å². The van der Waals surface area contributed by atoms with Crippen LogP contribution in [0.5, 0.6) is 5.75 Å². The fourth-order valence-electron chi connectivity index (χ4n) is 1.21. The van der Waals surface area contributed by atoms with Gasteiger partial charge in [-0.25, -0.2) is 0 Å². The van der Waals surface area contributed by atoms with Crippen LogP contribution in [0.1, 0.15) is 16.2 Å². The minimum Gasteiger partial charge on any atom is -0.507 e. The Bertz CT molecular complexity index is 528. The molecule has 0 aliphatic carbocycles. The maximum atomic E-state index is 11.7.